The van der Waals surface area contributed by atoms with Crippen LogP contribution in [0.15, 0.2) is 22.8 Å². The van der Waals surface area contributed by atoms with Crippen LogP contribution in [-0.2, 0) is 9.53 Å². The maximum Gasteiger partial charge on any atom is 0.334 e. The Bertz CT molecular complexity index is 216. The van der Waals surface area contributed by atoms with E-state index < -0.39 is 0 Å². The smallest absolute Gasteiger partial charge is 0.334 e. The molecule has 0 spiro atoms. The second-order valence-corrected chi connectivity index (χ2v) is 2.39. The van der Waals surface area contributed by atoms with Crippen LogP contribution >= 0.6 is 11.6 Å². The van der Waals surface area contributed by atoms with Gasteiger partial charge in [-0.15, -0.1) is 0 Å². The maximum absolute atomic E-state index is 10.8. The second kappa shape index (κ2) is 2.88. The highest BCUT2D eigenvalue weighted by molar-refractivity contribution is 6.32. The molecule has 0 unspecified atom stereocenters. The van der Waals surface area contributed by atoms with Crippen molar-refractivity contribution in [2.75, 3.05) is 7.11 Å². The molecule has 1 aliphatic rings. The summed E-state index contributed by atoms with van der Waals surface area (Å²) in [6, 6.07) is 0. The summed E-state index contributed by atoms with van der Waals surface area (Å²) in [5.74, 6) is -0.299. The third-order valence-corrected chi connectivity index (χ3v) is 1.54. The molecule has 0 fully saturated rings. The first-order chi connectivity index (χ1) is 4.74. The van der Waals surface area contributed by atoms with E-state index >= 15 is 0 Å². The predicted octanol–water partition coefficient (Wildman–Crippen LogP) is 1.61. The molecule has 1 rings (SSSR count). The van der Waals surface area contributed by atoms with Crippen LogP contribution in [0.3, 0.4) is 0 Å². The lowest BCUT2D eigenvalue weighted by atomic mass is 10.2. The fourth-order valence-electron chi connectivity index (χ4n) is 0.765. The summed E-state index contributed by atoms with van der Waals surface area (Å²) in [7, 11) is 1.36. The van der Waals surface area contributed by atoms with Gasteiger partial charge in [0.1, 0.15) is 0 Å². The van der Waals surface area contributed by atoms with Gasteiger partial charge in [-0.2, -0.15) is 0 Å². The molecule has 0 amide bonds. The van der Waals surface area contributed by atoms with Gasteiger partial charge >= 0.3 is 5.97 Å². The van der Waals surface area contributed by atoms with E-state index in [4.69, 9.17) is 11.6 Å². The Balaban J connectivity index is 2.63. The summed E-state index contributed by atoms with van der Waals surface area (Å²) in [5.41, 5.74) is 0.618. The van der Waals surface area contributed by atoms with Gasteiger partial charge in [-0.1, -0.05) is 17.7 Å². The van der Waals surface area contributed by atoms with Crippen LogP contribution in [0.5, 0.6) is 0 Å². The van der Waals surface area contributed by atoms with Gasteiger partial charge in [0, 0.05) is 10.6 Å². The van der Waals surface area contributed by atoms with Crippen LogP contribution in [0, 0.1) is 0 Å². The molecule has 0 aromatic heterocycles. The van der Waals surface area contributed by atoms with E-state index in [1.54, 1.807) is 12.2 Å². The zero-order valence-corrected chi connectivity index (χ0v) is 6.31. The molecule has 3 heteroatoms. The van der Waals surface area contributed by atoms with Crippen molar-refractivity contribution in [3.63, 3.8) is 0 Å². The Labute approximate surface area is 64.1 Å². The van der Waals surface area contributed by atoms with Crippen LogP contribution in [0.1, 0.15) is 6.42 Å². The Morgan fingerprint density at radius 3 is 2.90 bits per heavy atom. The minimum absolute atomic E-state index is 0.299. The van der Waals surface area contributed by atoms with Gasteiger partial charge < -0.3 is 4.74 Å². The van der Waals surface area contributed by atoms with Gasteiger partial charge in [0.2, 0.25) is 0 Å². The zero-order valence-electron chi connectivity index (χ0n) is 5.56. The number of hydrogen-bond donors (Lipinski definition) is 0. The van der Waals surface area contributed by atoms with Crippen molar-refractivity contribution in [3.05, 3.63) is 22.8 Å². The maximum atomic E-state index is 10.8. The molecule has 0 N–H and O–H groups in total. The fraction of sp³-hybridized carbons (Fsp3) is 0.286. The predicted molar refractivity (Wildman–Crippen MR) is 38.7 cm³/mol. The number of carbonyl (C=O) groups excluding carboxylic acids is 1. The van der Waals surface area contributed by atoms with Gasteiger partial charge in [-0.05, 0) is 12.5 Å². The topological polar surface area (TPSA) is 26.3 Å². The van der Waals surface area contributed by atoms with E-state index in [1.165, 1.54) is 7.11 Å². The molecule has 54 valence electrons. The quantitative estimate of drug-likeness (QED) is 0.542. The van der Waals surface area contributed by atoms with Crippen LogP contribution in [0.2, 0.25) is 0 Å². The first kappa shape index (κ1) is 7.35. The van der Waals surface area contributed by atoms with Gasteiger partial charge in [0.05, 0.1) is 7.11 Å². The van der Waals surface area contributed by atoms with Gasteiger partial charge in [0.15, 0.2) is 0 Å². The molecule has 1 aliphatic carbocycles. The summed E-state index contributed by atoms with van der Waals surface area (Å²) in [6.07, 6.45) is 3.98. The van der Waals surface area contributed by atoms with Crippen LogP contribution < -0.4 is 0 Å². The van der Waals surface area contributed by atoms with E-state index in [0.29, 0.717) is 17.0 Å². The van der Waals surface area contributed by atoms with Crippen molar-refractivity contribution in [3.8, 4) is 0 Å². The molecule has 2 nitrogen and oxygen atoms in total. The molecule has 0 saturated carbocycles. The third-order valence-electron chi connectivity index (χ3n) is 1.28. The molecule has 0 atom stereocenters. The van der Waals surface area contributed by atoms with Crippen molar-refractivity contribution < 1.29 is 9.53 Å². The number of allylic oxidation sites excluding steroid dienone is 3. The monoisotopic (exact) mass is 158 g/mol. The van der Waals surface area contributed by atoms with Gasteiger partial charge in [-0.3, -0.25) is 0 Å². The van der Waals surface area contributed by atoms with Crippen LogP contribution in [0.4, 0.5) is 0 Å². The molecule has 0 aliphatic heterocycles. The van der Waals surface area contributed by atoms with E-state index in [9.17, 15) is 4.79 Å². The van der Waals surface area contributed by atoms with E-state index in [-0.39, 0.29) is 5.97 Å². The van der Waals surface area contributed by atoms with Gasteiger partial charge in [0.25, 0.3) is 0 Å². The number of rotatable bonds is 1. The minimum Gasteiger partial charge on any atom is -0.466 e. The lowest BCUT2D eigenvalue weighted by molar-refractivity contribution is -0.136. The molecule has 0 aromatic rings. The average molecular weight is 159 g/mol. The summed E-state index contributed by atoms with van der Waals surface area (Å²) < 4.78 is 4.48. The highest BCUT2D eigenvalue weighted by Crippen LogP contribution is 2.20. The fourth-order valence-corrected chi connectivity index (χ4v) is 0.974. The molecule has 10 heavy (non-hydrogen) atoms. The minimum atomic E-state index is -0.299. The highest BCUT2D eigenvalue weighted by Gasteiger charge is 2.12. The Morgan fingerprint density at radius 2 is 2.50 bits per heavy atom. The van der Waals surface area contributed by atoms with Crippen molar-refractivity contribution in [1.29, 1.82) is 0 Å². The molecule has 0 bridgehead atoms. The number of ether oxygens (including phenoxy) is 1. The molecule has 0 aromatic carbocycles. The standard InChI is InChI=1S/C7H7ClO2/c1-10-7(9)5-2-3-6(8)4-5/h3-4H,2H2,1H3. The van der Waals surface area contributed by atoms with Crippen molar-refractivity contribution >= 4 is 17.6 Å². The molecule has 0 saturated heterocycles. The van der Waals surface area contributed by atoms with Crippen LogP contribution in [-0.4, -0.2) is 13.1 Å². The molecule has 0 radical (unpaired) electrons. The Morgan fingerprint density at radius 1 is 1.80 bits per heavy atom. The number of carbonyl (C=O) groups is 1. The summed E-state index contributed by atoms with van der Waals surface area (Å²) in [4.78, 5) is 10.8. The lowest BCUT2D eigenvalue weighted by Crippen LogP contribution is -2.01. The van der Waals surface area contributed by atoms with Crippen molar-refractivity contribution in [2.45, 2.75) is 6.42 Å². The van der Waals surface area contributed by atoms with E-state index in [0.717, 1.165) is 0 Å². The van der Waals surface area contributed by atoms with Crippen molar-refractivity contribution in [1.82, 2.24) is 0 Å². The number of hydrogen-bond acceptors (Lipinski definition) is 2. The SMILES string of the molecule is COC(=O)C1=CC(Cl)=CC1. The largest absolute Gasteiger partial charge is 0.466 e. The molecular formula is C7H7ClO2. The molecular weight excluding hydrogens is 152 g/mol. The van der Waals surface area contributed by atoms with E-state index in [2.05, 4.69) is 4.74 Å². The van der Waals surface area contributed by atoms with Crippen LogP contribution in [0.25, 0.3) is 0 Å². The van der Waals surface area contributed by atoms with Crippen molar-refractivity contribution in [2.24, 2.45) is 0 Å². The normalized spacial score (nSPS) is 16.2. The number of esters is 1. The average Bonchev–Trinajstić information content (AvgIpc) is 2.34. The Kier molecular flexibility index (Phi) is 2.12. The highest BCUT2D eigenvalue weighted by atomic mass is 35.5. The number of methoxy groups -OCH3 is 1. The van der Waals surface area contributed by atoms with Gasteiger partial charge in [-0.25, -0.2) is 4.79 Å². The first-order valence-corrected chi connectivity index (χ1v) is 3.26. The third kappa shape index (κ3) is 1.39. The Hall–Kier alpha value is -0.760. The first-order valence-electron chi connectivity index (χ1n) is 2.88. The summed E-state index contributed by atoms with van der Waals surface area (Å²) in [6.45, 7) is 0. The number of halogens is 1. The zero-order chi connectivity index (χ0) is 7.56. The molecule has 0 heterocycles. The summed E-state index contributed by atoms with van der Waals surface area (Å²) in [5, 5.41) is 0.611. The van der Waals surface area contributed by atoms with E-state index in [1.807, 2.05) is 0 Å². The summed E-state index contributed by atoms with van der Waals surface area (Å²) >= 11 is 5.58. The lowest BCUT2D eigenvalue weighted by Gasteiger charge is -1.95. The second-order valence-electron chi connectivity index (χ2n) is 1.95.